The zero-order valence-corrected chi connectivity index (χ0v) is 12.2. The maximum atomic E-state index is 13.7. The summed E-state index contributed by atoms with van der Waals surface area (Å²) in [5.41, 5.74) is 6.51. The molecule has 0 bridgehead atoms. The van der Waals surface area contributed by atoms with Crippen LogP contribution in [0.4, 0.5) is 4.39 Å². The molecule has 0 spiro atoms. The SMILES string of the molecule is NCC(CCCCOc1ccccc1)c1ccccc1F. The second-order valence-corrected chi connectivity index (χ2v) is 5.11. The first kappa shape index (κ1) is 15.5. The van der Waals surface area contributed by atoms with Crippen molar-refractivity contribution in [1.29, 1.82) is 0 Å². The fourth-order valence-corrected chi connectivity index (χ4v) is 2.41. The third-order valence-electron chi connectivity index (χ3n) is 3.59. The third kappa shape index (κ3) is 4.87. The van der Waals surface area contributed by atoms with Gasteiger partial charge in [0.05, 0.1) is 6.61 Å². The first-order valence-electron chi connectivity index (χ1n) is 7.43. The number of para-hydroxylation sites is 1. The Labute approximate surface area is 125 Å². The van der Waals surface area contributed by atoms with Crippen molar-refractivity contribution in [3.63, 3.8) is 0 Å². The fraction of sp³-hybridized carbons (Fsp3) is 0.333. The van der Waals surface area contributed by atoms with E-state index in [-0.39, 0.29) is 11.7 Å². The van der Waals surface area contributed by atoms with E-state index in [1.165, 1.54) is 6.07 Å². The number of unbranched alkanes of at least 4 members (excludes halogenated alkanes) is 1. The van der Waals surface area contributed by atoms with E-state index in [0.29, 0.717) is 13.2 Å². The number of hydrogen-bond donors (Lipinski definition) is 1. The van der Waals surface area contributed by atoms with Gasteiger partial charge in [-0.2, -0.15) is 0 Å². The zero-order chi connectivity index (χ0) is 14.9. The summed E-state index contributed by atoms with van der Waals surface area (Å²) in [4.78, 5) is 0. The van der Waals surface area contributed by atoms with Crippen LogP contribution in [0.15, 0.2) is 54.6 Å². The molecule has 112 valence electrons. The van der Waals surface area contributed by atoms with Gasteiger partial charge in [0.25, 0.3) is 0 Å². The Kier molecular flexibility index (Phi) is 6.22. The summed E-state index contributed by atoms with van der Waals surface area (Å²) in [6, 6.07) is 16.7. The van der Waals surface area contributed by atoms with Gasteiger partial charge in [0.15, 0.2) is 0 Å². The Morgan fingerprint density at radius 3 is 2.38 bits per heavy atom. The van der Waals surface area contributed by atoms with E-state index in [0.717, 1.165) is 30.6 Å². The molecule has 0 heterocycles. The Balaban J connectivity index is 1.73. The first-order chi connectivity index (χ1) is 10.3. The lowest BCUT2D eigenvalue weighted by Crippen LogP contribution is -2.14. The van der Waals surface area contributed by atoms with Gasteiger partial charge in [-0.05, 0) is 55.5 Å². The van der Waals surface area contributed by atoms with Gasteiger partial charge in [-0.25, -0.2) is 4.39 Å². The molecule has 0 radical (unpaired) electrons. The zero-order valence-electron chi connectivity index (χ0n) is 12.2. The lowest BCUT2D eigenvalue weighted by Gasteiger charge is -2.16. The van der Waals surface area contributed by atoms with E-state index in [1.54, 1.807) is 6.07 Å². The van der Waals surface area contributed by atoms with E-state index < -0.39 is 0 Å². The minimum atomic E-state index is -0.159. The fourth-order valence-electron chi connectivity index (χ4n) is 2.41. The van der Waals surface area contributed by atoms with E-state index in [4.69, 9.17) is 10.5 Å². The maximum Gasteiger partial charge on any atom is 0.126 e. The monoisotopic (exact) mass is 287 g/mol. The Morgan fingerprint density at radius 1 is 0.952 bits per heavy atom. The lowest BCUT2D eigenvalue weighted by molar-refractivity contribution is 0.303. The summed E-state index contributed by atoms with van der Waals surface area (Å²) in [5, 5.41) is 0. The minimum Gasteiger partial charge on any atom is -0.494 e. The molecule has 0 saturated carbocycles. The van der Waals surface area contributed by atoms with E-state index in [2.05, 4.69) is 0 Å². The average molecular weight is 287 g/mol. The van der Waals surface area contributed by atoms with Crippen molar-refractivity contribution in [3.8, 4) is 5.75 Å². The Hall–Kier alpha value is -1.87. The summed E-state index contributed by atoms with van der Waals surface area (Å²) < 4.78 is 19.4. The van der Waals surface area contributed by atoms with Crippen LogP contribution >= 0.6 is 0 Å². The van der Waals surface area contributed by atoms with Crippen molar-refractivity contribution >= 4 is 0 Å². The molecule has 0 amide bonds. The largest absolute Gasteiger partial charge is 0.494 e. The van der Waals surface area contributed by atoms with Crippen molar-refractivity contribution in [2.45, 2.75) is 25.2 Å². The van der Waals surface area contributed by atoms with Crippen molar-refractivity contribution in [2.75, 3.05) is 13.2 Å². The molecule has 0 aromatic heterocycles. The van der Waals surface area contributed by atoms with E-state index >= 15 is 0 Å². The van der Waals surface area contributed by atoms with Crippen LogP contribution in [-0.4, -0.2) is 13.2 Å². The quantitative estimate of drug-likeness (QED) is 0.741. The highest BCUT2D eigenvalue weighted by Gasteiger charge is 2.13. The van der Waals surface area contributed by atoms with Crippen LogP contribution in [0, 0.1) is 5.82 Å². The summed E-state index contributed by atoms with van der Waals surface area (Å²) in [7, 11) is 0. The first-order valence-corrected chi connectivity index (χ1v) is 7.43. The van der Waals surface area contributed by atoms with Crippen LogP contribution in [0.1, 0.15) is 30.7 Å². The van der Waals surface area contributed by atoms with Crippen LogP contribution in [-0.2, 0) is 0 Å². The summed E-state index contributed by atoms with van der Waals surface area (Å²) in [6.07, 6.45) is 2.80. The summed E-state index contributed by atoms with van der Waals surface area (Å²) in [5.74, 6) is 0.818. The van der Waals surface area contributed by atoms with E-state index in [9.17, 15) is 4.39 Å². The molecule has 2 aromatic rings. The second kappa shape index (κ2) is 8.42. The molecular weight excluding hydrogens is 265 g/mol. The Morgan fingerprint density at radius 2 is 1.67 bits per heavy atom. The van der Waals surface area contributed by atoms with Gasteiger partial charge in [-0.3, -0.25) is 0 Å². The molecule has 2 nitrogen and oxygen atoms in total. The predicted octanol–water partition coefficient (Wildman–Crippen LogP) is 4.12. The van der Waals surface area contributed by atoms with Gasteiger partial charge in [0, 0.05) is 0 Å². The van der Waals surface area contributed by atoms with Crippen LogP contribution in [0.3, 0.4) is 0 Å². The van der Waals surface area contributed by atoms with Crippen molar-refractivity contribution in [1.82, 2.24) is 0 Å². The van der Waals surface area contributed by atoms with Crippen molar-refractivity contribution in [3.05, 3.63) is 66.0 Å². The third-order valence-corrected chi connectivity index (χ3v) is 3.59. The predicted molar refractivity (Wildman–Crippen MR) is 84.0 cm³/mol. The van der Waals surface area contributed by atoms with E-state index in [1.807, 2.05) is 42.5 Å². The molecule has 2 rings (SSSR count). The van der Waals surface area contributed by atoms with Gasteiger partial charge in [0.2, 0.25) is 0 Å². The standard InChI is InChI=1S/C18H22FNO/c19-18-12-5-4-11-17(18)15(14-20)8-6-7-13-21-16-9-2-1-3-10-16/h1-5,9-12,15H,6-8,13-14,20H2. The number of halogens is 1. The lowest BCUT2D eigenvalue weighted by atomic mass is 9.93. The normalized spacial score (nSPS) is 12.1. The molecule has 2 aromatic carbocycles. The Bertz CT molecular complexity index is 530. The van der Waals surface area contributed by atoms with Gasteiger partial charge in [-0.15, -0.1) is 0 Å². The van der Waals surface area contributed by atoms with Crippen LogP contribution in [0.2, 0.25) is 0 Å². The van der Waals surface area contributed by atoms with Crippen LogP contribution in [0.25, 0.3) is 0 Å². The van der Waals surface area contributed by atoms with Crippen LogP contribution in [0.5, 0.6) is 5.75 Å². The number of benzene rings is 2. The van der Waals surface area contributed by atoms with Crippen LogP contribution < -0.4 is 10.5 Å². The smallest absolute Gasteiger partial charge is 0.126 e. The minimum absolute atomic E-state index is 0.0860. The van der Waals surface area contributed by atoms with Crippen molar-refractivity contribution in [2.24, 2.45) is 5.73 Å². The van der Waals surface area contributed by atoms with Gasteiger partial charge in [0.1, 0.15) is 11.6 Å². The summed E-state index contributed by atoms with van der Waals surface area (Å²) in [6.45, 7) is 1.15. The molecule has 3 heteroatoms. The number of ether oxygens (including phenoxy) is 1. The number of hydrogen-bond acceptors (Lipinski definition) is 2. The average Bonchev–Trinajstić information content (AvgIpc) is 2.53. The second-order valence-electron chi connectivity index (χ2n) is 5.11. The molecule has 0 fully saturated rings. The molecule has 1 unspecified atom stereocenters. The molecule has 0 aliphatic rings. The molecule has 21 heavy (non-hydrogen) atoms. The highest BCUT2D eigenvalue weighted by atomic mass is 19.1. The molecular formula is C18H22FNO. The van der Waals surface area contributed by atoms with Gasteiger partial charge < -0.3 is 10.5 Å². The topological polar surface area (TPSA) is 35.2 Å². The highest BCUT2D eigenvalue weighted by Crippen LogP contribution is 2.23. The molecule has 0 aliphatic heterocycles. The van der Waals surface area contributed by atoms with Crippen molar-refractivity contribution < 1.29 is 9.13 Å². The number of rotatable bonds is 8. The molecule has 2 N–H and O–H groups in total. The van der Waals surface area contributed by atoms with Gasteiger partial charge >= 0.3 is 0 Å². The maximum absolute atomic E-state index is 13.7. The molecule has 1 atom stereocenters. The summed E-state index contributed by atoms with van der Waals surface area (Å²) >= 11 is 0. The number of nitrogens with two attached hydrogens (primary N) is 1. The van der Waals surface area contributed by atoms with Gasteiger partial charge in [-0.1, -0.05) is 36.4 Å². The highest BCUT2D eigenvalue weighted by molar-refractivity contribution is 5.22. The molecule has 0 aliphatic carbocycles. The molecule has 0 saturated heterocycles.